The van der Waals surface area contributed by atoms with Gasteiger partial charge in [0.15, 0.2) is 10.2 Å². The Bertz CT molecular complexity index is 692. The van der Waals surface area contributed by atoms with Crippen molar-refractivity contribution in [3.8, 4) is 0 Å². The van der Waals surface area contributed by atoms with Crippen LogP contribution in [0.25, 0.3) is 0 Å². The lowest BCUT2D eigenvalue weighted by molar-refractivity contribution is 0.521. The molecule has 0 unspecified atom stereocenters. The zero-order valence-corrected chi connectivity index (χ0v) is 17.1. The topological polar surface area (TPSA) is 85.5 Å². The molecule has 0 spiro atoms. The van der Waals surface area contributed by atoms with E-state index in [4.69, 9.17) is 24.4 Å². The molecule has 10 heteroatoms. The molecule has 0 saturated carbocycles. The number of rotatable bonds is 7. The third-order valence-corrected chi connectivity index (χ3v) is 5.49. The van der Waals surface area contributed by atoms with Crippen LogP contribution in [-0.2, 0) is 10.0 Å². The van der Waals surface area contributed by atoms with Crippen LogP contribution in [0.1, 0.15) is 26.2 Å². The van der Waals surface area contributed by atoms with Gasteiger partial charge in [-0.2, -0.15) is 0 Å². The third-order valence-electron chi connectivity index (χ3n) is 3.23. The molecular formula is C15H25N5O2S3. The zero-order valence-electron chi connectivity index (χ0n) is 14.6. The van der Waals surface area contributed by atoms with Gasteiger partial charge in [-0.1, -0.05) is 25.8 Å². The van der Waals surface area contributed by atoms with Crippen molar-refractivity contribution in [1.29, 1.82) is 0 Å². The molecule has 0 saturated heterocycles. The number of anilines is 1. The standard InChI is InChI=1S/C15H25N5O2S3/c1-4-5-6-10-16-14(23)18-19-15(24)17-12-8-7-9-13(11-12)25(21,22)20(2)3/h7-9,11H,4-6,10H2,1-3H3,(H2,16,18,23)(H2,17,19,24). The van der Waals surface area contributed by atoms with Gasteiger partial charge in [-0.15, -0.1) is 0 Å². The Morgan fingerprint density at radius 2 is 1.80 bits per heavy atom. The van der Waals surface area contributed by atoms with Gasteiger partial charge in [0.05, 0.1) is 4.90 Å². The predicted molar refractivity (Wildman–Crippen MR) is 110 cm³/mol. The lowest BCUT2D eigenvalue weighted by Gasteiger charge is -2.15. The molecule has 0 aliphatic carbocycles. The van der Waals surface area contributed by atoms with Crippen molar-refractivity contribution in [3.05, 3.63) is 24.3 Å². The molecule has 0 aromatic heterocycles. The van der Waals surface area contributed by atoms with Gasteiger partial charge >= 0.3 is 0 Å². The molecule has 0 amide bonds. The van der Waals surface area contributed by atoms with Crippen LogP contribution in [0.4, 0.5) is 5.69 Å². The number of hydrazine groups is 1. The van der Waals surface area contributed by atoms with Gasteiger partial charge in [0.1, 0.15) is 0 Å². The molecule has 4 N–H and O–H groups in total. The third kappa shape index (κ3) is 7.51. The predicted octanol–water partition coefficient (Wildman–Crippen LogP) is 1.79. The molecule has 0 bridgehead atoms. The average Bonchev–Trinajstić information content (AvgIpc) is 2.57. The van der Waals surface area contributed by atoms with E-state index < -0.39 is 10.0 Å². The molecule has 1 rings (SSSR count). The van der Waals surface area contributed by atoms with Gasteiger partial charge < -0.3 is 10.6 Å². The molecule has 7 nitrogen and oxygen atoms in total. The first-order chi connectivity index (χ1) is 11.8. The van der Waals surface area contributed by atoms with Crippen LogP contribution in [0.3, 0.4) is 0 Å². The number of unbranched alkanes of at least 4 members (excludes halogenated alkanes) is 2. The number of sulfonamides is 1. The maximum Gasteiger partial charge on any atom is 0.242 e. The fourth-order valence-corrected chi connectivity index (χ4v) is 3.11. The normalized spacial score (nSPS) is 11.0. The second-order valence-corrected chi connectivity index (χ2v) is 8.45. The van der Waals surface area contributed by atoms with Crippen molar-refractivity contribution in [2.24, 2.45) is 0 Å². The second-order valence-electron chi connectivity index (χ2n) is 5.48. The van der Waals surface area contributed by atoms with Gasteiger partial charge in [0, 0.05) is 26.3 Å². The molecule has 0 fully saturated rings. The van der Waals surface area contributed by atoms with E-state index in [0.717, 1.165) is 30.1 Å². The van der Waals surface area contributed by atoms with Crippen LogP contribution >= 0.6 is 24.4 Å². The summed E-state index contributed by atoms with van der Waals surface area (Å²) in [5, 5.41) is 6.70. The van der Waals surface area contributed by atoms with Crippen LogP contribution in [-0.4, -0.2) is 43.6 Å². The number of hydrogen-bond acceptors (Lipinski definition) is 4. The first-order valence-corrected chi connectivity index (χ1v) is 10.2. The monoisotopic (exact) mass is 403 g/mol. The quantitative estimate of drug-likeness (QED) is 0.312. The van der Waals surface area contributed by atoms with E-state index in [1.165, 1.54) is 26.2 Å². The molecule has 140 valence electrons. The maximum atomic E-state index is 12.1. The summed E-state index contributed by atoms with van der Waals surface area (Å²) in [7, 11) is -0.521. The lowest BCUT2D eigenvalue weighted by atomic mass is 10.2. The van der Waals surface area contributed by atoms with Crippen LogP contribution in [0.5, 0.6) is 0 Å². The Labute approximate surface area is 160 Å². The fourth-order valence-electron chi connectivity index (χ4n) is 1.84. The summed E-state index contributed by atoms with van der Waals surface area (Å²) in [6.07, 6.45) is 3.35. The summed E-state index contributed by atoms with van der Waals surface area (Å²) in [6, 6.07) is 6.42. The van der Waals surface area contributed by atoms with Crippen LogP contribution in [0, 0.1) is 0 Å². The van der Waals surface area contributed by atoms with E-state index in [-0.39, 0.29) is 10.0 Å². The smallest absolute Gasteiger partial charge is 0.242 e. The maximum absolute atomic E-state index is 12.1. The molecule has 1 aromatic rings. The van der Waals surface area contributed by atoms with Crippen molar-refractivity contribution < 1.29 is 8.42 Å². The van der Waals surface area contributed by atoms with E-state index in [1.807, 2.05) is 0 Å². The first-order valence-electron chi connectivity index (χ1n) is 7.90. The van der Waals surface area contributed by atoms with Gasteiger partial charge in [-0.25, -0.2) is 12.7 Å². The number of thiocarbonyl (C=S) groups is 2. The summed E-state index contributed by atoms with van der Waals surface area (Å²) in [6.45, 7) is 2.94. The van der Waals surface area contributed by atoms with Gasteiger partial charge in [0.2, 0.25) is 10.0 Å². The Hall–Kier alpha value is -1.49. The fraction of sp³-hybridized carbons (Fsp3) is 0.467. The molecule has 0 heterocycles. The van der Waals surface area contributed by atoms with E-state index in [0.29, 0.717) is 10.8 Å². The number of nitrogens with one attached hydrogen (secondary N) is 4. The molecule has 0 aliphatic rings. The van der Waals surface area contributed by atoms with Crippen LogP contribution < -0.4 is 21.5 Å². The van der Waals surface area contributed by atoms with Crippen molar-refractivity contribution in [1.82, 2.24) is 20.5 Å². The van der Waals surface area contributed by atoms with Crippen LogP contribution in [0.2, 0.25) is 0 Å². The molecule has 0 radical (unpaired) electrons. The second kappa shape index (κ2) is 10.5. The minimum absolute atomic E-state index is 0.186. The minimum atomic E-state index is -3.49. The highest BCUT2D eigenvalue weighted by atomic mass is 32.2. The number of nitrogens with zero attached hydrogens (tertiary/aromatic N) is 1. The zero-order chi connectivity index (χ0) is 18.9. The highest BCUT2D eigenvalue weighted by Crippen LogP contribution is 2.17. The molecular weight excluding hydrogens is 378 g/mol. The number of benzene rings is 1. The Morgan fingerprint density at radius 3 is 2.44 bits per heavy atom. The summed E-state index contributed by atoms with van der Waals surface area (Å²) in [5.41, 5.74) is 6.10. The van der Waals surface area contributed by atoms with E-state index in [2.05, 4.69) is 28.4 Å². The summed E-state index contributed by atoms with van der Waals surface area (Å²) in [4.78, 5) is 0.186. The summed E-state index contributed by atoms with van der Waals surface area (Å²) >= 11 is 10.3. The SMILES string of the molecule is CCCCCNC(=S)NNC(=S)Nc1cccc(S(=O)(=O)N(C)C)c1. The summed E-state index contributed by atoms with van der Waals surface area (Å²) < 4.78 is 25.4. The molecule has 25 heavy (non-hydrogen) atoms. The van der Waals surface area contributed by atoms with E-state index in [9.17, 15) is 8.42 Å². The highest BCUT2D eigenvalue weighted by molar-refractivity contribution is 7.89. The minimum Gasteiger partial charge on any atom is -0.361 e. The van der Waals surface area contributed by atoms with Crippen LogP contribution in [0.15, 0.2) is 29.2 Å². The Kier molecular flexibility index (Phi) is 9.04. The molecule has 0 aliphatic heterocycles. The number of hydrogen-bond donors (Lipinski definition) is 4. The van der Waals surface area contributed by atoms with Crippen molar-refractivity contribution in [2.75, 3.05) is 26.0 Å². The van der Waals surface area contributed by atoms with E-state index in [1.54, 1.807) is 12.1 Å². The van der Waals surface area contributed by atoms with Crippen molar-refractivity contribution in [2.45, 2.75) is 31.1 Å². The average molecular weight is 404 g/mol. The van der Waals surface area contributed by atoms with E-state index >= 15 is 0 Å². The van der Waals surface area contributed by atoms with Gasteiger partial charge in [-0.3, -0.25) is 10.9 Å². The lowest BCUT2D eigenvalue weighted by Crippen LogP contribution is -2.48. The Balaban J connectivity index is 2.51. The summed E-state index contributed by atoms with van der Waals surface area (Å²) in [5.74, 6) is 0. The van der Waals surface area contributed by atoms with Gasteiger partial charge in [-0.05, 0) is 49.1 Å². The molecule has 1 aromatic carbocycles. The molecule has 0 atom stereocenters. The highest BCUT2D eigenvalue weighted by Gasteiger charge is 2.17. The largest absolute Gasteiger partial charge is 0.361 e. The van der Waals surface area contributed by atoms with Crippen molar-refractivity contribution in [3.63, 3.8) is 0 Å². The Morgan fingerprint density at radius 1 is 1.12 bits per heavy atom. The van der Waals surface area contributed by atoms with Crippen molar-refractivity contribution >= 4 is 50.4 Å². The van der Waals surface area contributed by atoms with Gasteiger partial charge in [0.25, 0.3) is 0 Å². The first kappa shape index (κ1) is 21.6.